The smallest absolute Gasteiger partial charge is 0.249 e. The average Bonchev–Trinajstić information content (AvgIpc) is 2.88. The minimum absolute atomic E-state index is 0.439. The summed E-state index contributed by atoms with van der Waals surface area (Å²) in [4.78, 5) is 14.3. The molecule has 3 aromatic rings. The lowest BCUT2D eigenvalue weighted by molar-refractivity contribution is 0.0997. The van der Waals surface area contributed by atoms with E-state index in [1.54, 1.807) is 24.3 Å². The minimum Gasteiger partial charge on any atom is -0.366 e. The number of hydrogen-bond acceptors (Lipinski definition) is 2. The van der Waals surface area contributed by atoms with E-state index in [1.807, 2.05) is 18.3 Å². The zero-order valence-electron chi connectivity index (χ0n) is 10.2. The van der Waals surface area contributed by atoms with E-state index >= 15 is 0 Å². The summed E-state index contributed by atoms with van der Waals surface area (Å²) >= 11 is 4.04. The van der Waals surface area contributed by atoms with Crippen molar-refractivity contribution in [2.24, 2.45) is 5.73 Å². The number of primary amides is 1. The lowest BCUT2D eigenvalue weighted by Crippen LogP contribution is -2.11. The first-order valence-electron chi connectivity index (χ1n) is 5.78. The predicted molar refractivity (Wildman–Crippen MR) is 80.5 cm³/mol. The molecule has 4 heteroatoms. The van der Waals surface area contributed by atoms with E-state index in [1.165, 1.54) is 10.9 Å². The molecule has 0 radical (unpaired) electrons. The molecule has 0 aliphatic heterocycles. The van der Waals surface area contributed by atoms with Gasteiger partial charge < -0.3 is 10.7 Å². The van der Waals surface area contributed by atoms with E-state index in [0.29, 0.717) is 10.5 Å². The number of carbonyl (C=O) groups excluding carboxylic acids is 1. The van der Waals surface area contributed by atoms with Gasteiger partial charge in [0.1, 0.15) is 0 Å². The lowest BCUT2D eigenvalue weighted by atomic mass is 10.2. The number of aromatic amines is 1. The number of benzene rings is 2. The predicted octanol–water partition coefficient (Wildman–Crippen LogP) is 3.24. The van der Waals surface area contributed by atoms with Crippen LogP contribution in [0.1, 0.15) is 10.4 Å². The molecule has 0 saturated heterocycles. The molecule has 0 aliphatic rings. The van der Waals surface area contributed by atoms with Gasteiger partial charge in [-0.05, 0) is 29.7 Å². The highest BCUT2D eigenvalue weighted by Crippen LogP contribution is 2.11. The van der Waals surface area contributed by atoms with Crippen molar-refractivity contribution >= 4 is 29.4 Å². The van der Waals surface area contributed by atoms with E-state index < -0.39 is 5.91 Å². The van der Waals surface area contributed by atoms with Crippen LogP contribution in [0.2, 0.25) is 0 Å². The van der Waals surface area contributed by atoms with Crippen LogP contribution in [0.4, 0.5) is 0 Å². The zero-order valence-corrected chi connectivity index (χ0v) is 11.1. The van der Waals surface area contributed by atoms with Gasteiger partial charge in [0.05, 0.1) is 5.56 Å². The van der Waals surface area contributed by atoms with Gasteiger partial charge >= 0.3 is 0 Å². The van der Waals surface area contributed by atoms with Crippen LogP contribution in [-0.2, 0) is 0 Å². The molecule has 1 amide bonds. The van der Waals surface area contributed by atoms with E-state index in [4.69, 9.17) is 5.73 Å². The standard InChI is InChI=1S/C8H7N.C7H7NOS/c1-2-4-8-7(3-1)5-6-9-8;8-7(9)5-3-1-2-4-6(5)10/h1-6,9H;1-4,10H,(H2,8,9). The number of hydrogen-bond donors (Lipinski definition) is 3. The second-order valence-electron chi connectivity index (χ2n) is 3.95. The number of thiol groups is 1. The number of nitrogens with one attached hydrogen (secondary N) is 1. The van der Waals surface area contributed by atoms with Gasteiger partial charge in [0.25, 0.3) is 0 Å². The molecule has 3 rings (SSSR count). The van der Waals surface area contributed by atoms with E-state index in [0.717, 1.165) is 0 Å². The van der Waals surface area contributed by atoms with Gasteiger partial charge in [0, 0.05) is 16.6 Å². The Morgan fingerprint density at radius 1 is 1.00 bits per heavy atom. The normalized spacial score (nSPS) is 9.74. The summed E-state index contributed by atoms with van der Waals surface area (Å²) in [5.41, 5.74) is 6.70. The largest absolute Gasteiger partial charge is 0.366 e. The Morgan fingerprint density at radius 2 is 1.68 bits per heavy atom. The first-order valence-corrected chi connectivity index (χ1v) is 6.23. The van der Waals surface area contributed by atoms with Crippen LogP contribution in [-0.4, -0.2) is 10.9 Å². The highest BCUT2D eigenvalue weighted by Gasteiger charge is 2.01. The average molecular weight is 270 g/mol. The number of amides is 1. The SMILES string of the molecule is NC(=O)c1ccccc1S.c1ccc2[nH]ccc2c1. The number of carbonyl (C=O) groups is 1. The Hall–Kier alpha value is -2.20. The number of para-hydroxylation sites is 1. The molecule has 0 spiro atoms. The van der Waals surface area contributed by atoms with Crippen LogP contribution in [0.5, 0.6) is 0 Å². The third-order valence-corrected chi connectivity index (χ3v) is 3.02. The van der Waals surface area contributed by atoms with Crippen molar-refractivity contribution in [3.05, 3.63) is 66.4 Å². The molecule has 0 bridgehead atoms. The fourth-order valence-electron chi connectivity index (χ4n) is 1.68. The van der Waals surface area contributed by atoms with Crippen molar-refractivity contribution in [1.29, 1.82) is 0 Å². The van der Waals surface area contributed by atoms with Crippen molar-refractivity contribution < 1.29 is 4.79 Å². The third-order valence-electron chi connectivity index (χ3n) is 2.63. The Bertz CT molecular complexity index is 661. The van der Waals surface area contributed by atoms with Gasteiger partial charge in [-0.1, -0.05) is 30.3 Å². The molecule has 3 N–H and O–H groups in total. The van der Waals surface area contributed by atoms with Crippen molar-refractivity contribution in [2.45, 2.75) is 4.90 Å². The van der Waals surface area contributed by atoms with E-state index in [9.17, 15) is 4.79 Å². The maximum absolute atomic E-state index is 10.6. The minimum atomic E-state index is -0.439. The van der Waals surface area contributed by atoms with Crippen LogP contribution >= 0.6 is 12.6 Å². The number of rotatable bonds is 1. The van der Waals surface area contributed by atoms with Crippen LogP contribution < -0.4 is 5.73 Å². The maximum Gasteiger partial charge on any atom is 0.249 e. The van der Waals surface area contributed by atoms with E-state index in [2.05, 4.69) is 35.8 Å². The van der Waals surface area contributed by atoms with Crippen molar-refractivity contribution in [3.8, 4) is 0 Å². The molecule has 0 unspecified atom stereocenters. The van der Waals surface area contributed by atoms with Gasteiger partial charge in [0.2, 0.25) is 5.91 Å². The molecule has 1 heterocycles. The summed E-state index contributed by atoms with van der Waals surface area (Å²) in [6, 6.07) is 17.2. The number of H-pyrrole nitrogens is 1. The fourth-order valence-corrected chi connectivity index (χ4v) is 1.95. The van der Waals surface area contributed by atoms with Crippen molar-refractivity contribution in [2.75, 3.05) is 0 Å². The second kappa shape index (κ2) is 6.11. The molecule has 0 fully saturated rings. The van der Waals surface area contributed by atoms with Crippen molar-refractivity contribution in [1.82, 2.24) is 4.98 Å². The number of nitrogens with two attached hydrogens (primary N) is 1. The molecule has 96 valence electrons. The van der Waals surface area contributed by atoms with Gasteiger partial charge in [-0.25, -0.2) is 0 Å². The van der Waals surface area contributed by atoms with Gasteiger partial charge in [-0.15, -0.1) is 12.6 Å². The Labute approximate surface area is 116 Å². The number of aromatic nitrogens is 1. The fraction of sp³-hybridized carbons (Fsp3) is 0. The second-order valence-corrected chi connectivity index (χ2v) is 4.43. The summed E-state index contributed by atoms with van der Waals surface area (Å²) in [6.07, 6.45) is 1.95. The first kappa shape index (κ1) is 13.2. The first-order chi connectivity index (χ1) is 9.18. The molecular formula is C15H14N2OS. The Kier molecular flexibility index (Phi) is 4.26. The highest BCUT2D eigenvalue weighted by molar-refractivity contribution is 7.80. The van der Waals surface area contributed by atoms with Gasteiger partial charge in [-0.2, -0.15) is 0 Å². The summed E-state index contributed by atoms with van der Waals surface area (Å²) in [5, 5.41) is 1.28. The van der Waals surface area contributed by atoms with Gasteiger partial charge in [0.15, 0.2) is 0 Å². The van der Waals surface area contributed by atoms with Crippen molar-refractivity contribution in [3.63, 3.8) is 0 Å². The Balaban J connectivity index is 0.000000141. The zero-order chi connectivity index (χ0) is 13.7. The molecule has 3 nitrogen and oxygen atoms in total. The molecule has 0 saturated carbocycles. The van der Waals surface area contributed by atoms with Crippen LogP contribution in [0, 0.1) is 0 Å². The van der Waals surface area contributed by atoms with Crippen LogP contribution in [0.3, 0.4) is 0 Å². The molecule has 0 atom stereocenters. The molecular weight excluding hydrogens is 256 g/mol. The van der Waals surface area contributed by atoms with Crippen LogP contribution in [0.25, 0.3) is 10.9 Å². The topological polar surface area (TPSA) is 58.9 Å². The summed E-state index contributed by atoms with van der Waals surface area (Å²) in [7, 11) is 0. The van der Waals surface area contributed by atoms with Gasteiger partial charge in [-0.3, -0.25) is 4.79 Å². The van der Waals surface area contributed by atoms with E-state index in [-0.39, 0.29) is 0 Å². The summed E-state index contributed by atoms with van der Waals surface area (Å²) < 4.78 is 0. The third kappa shape index (κ3) is 3.39. The quantitative estimate of drug-likeness (QED) is 0.584. The van der Waals surface area contributed by atoms with Crippen LogP contribution in [0.15, 0.2) is 65.7 Å². The maximum atomic E-state index is 10.6. The summed E-state index contributed by atoms with van der Waals surface area (Å²) in [6.45, 7) is 0. The molecule has 2 aromatic carbocycles. The molecule has 19 heavy (non-hydrogen) atoms. The summed E-state index contributed by atoms with van der Waals surface area (Å²) in [5.74, 6) is -0.439. The molecule has 1 aromatic heterocycles. The Morgan fingerprint density at radius 3 is 2.32 bits per heavy atom. The monoisotopic (exact) mass is 270 g/mol. The number of fused-ring (bicyclic) bond motifs is 1. The highest BCUT2D eigenvalue weighted by atomic mass is 32.1. The molecule has 0 aliphatic carbocycles. The lowest BCUT2D eigenvalue weighted by Gasteiger charge is -1.96.